The van der Waals surface area contributed by atoms with Crippen molar-refractivity contribution in [2.24, 2.45) is 0 Å². The van der Waals surface area contributed by atoms with Gasteiger partial charge in [0.25, 0.3) is 0 Å². The lowest BCUT2D eigenvalue weighted by molar-refractivity contribution is -0.117. The molecule has 0 saturated carbocycles. The largest absolute Gasteiger partial charge is 0.298 e. The van der Waals surface area contributed by atoms with Crippen molar-refractivity contribution in [2.45, 2.75) is 36.0 Å². The SMILES string of the molecule is CC1SCC(C(=O)Cc2ccc(Cl)cc2Cl)SC1C. The highest BCUT2D eigenvalue weighted by Gasteiger charge is 2.30. The van der Waals surface area contributed by atoms with Gasteiger partial charge in [-0.1, -0.05) is 43.1 Å². The van der Waals surface area contributed by atoms with Crippen molar-refractivity contribution in [1.82, 2.24) is 0 Å². The second-order valence-corrected chi connectivity index (χ2v) is 8.59. The summed E-state index contributed by atoms with van der Waals surface area (Å²) in [6.07, 6.45) is 0.398. The molecule has 1 aliphatic rings. The molecule has 1 aliphatic heterocycles. The minimum atomic E-state index is 0.0861. The van der Waals surface area contributed by atoms with Gasteiger partial charge < -0.3 is 0 Å². The number of thioether (sulfide) groups is 2. The standard InChI is InChI=1S/C14H16Cl2OS2/c1-8-9(2)19-14(7-18-8)13(17)5-10-3-4-11(15)6-12(10)16/h3-4,6,8-9,14H,5,7H2,1-2H3. The first-order valence-corrected chi connectivity index (χ1v) is 8.96. The lowest BCUT2D eigenvalue weighted by Gasteiger charge is -2.30. The fourth-order valence-corrected chi connectivity index (χ4v) is 5.28. The van der Waals surface area contributed by atoms with Crippen LogP contribution in [0.1, 0.15) is 19.4 Å². The first-order chi connectivity index (χ1) is 8.97. The summed E-state index contributed by atoms with van der Waals surface area (Å²) in [4.78, 5) is 12.3. The summed E-state index contributed by atoms with van der Waals surface area (Å²) in [6, 6.07) is 5.32. The molecule has 0 radical (unpaired) electrons. The van der Waals surface area contributed by atoms with Gasteiger partial charge in [0.05, 0.1) is 5.25 Å². The normalized spacial score (nSPS) is 27.3. The van der Waals surface area contributed by atoms with E-state index in [0.717, 1.165) is 11.3 Å². The predicted octanol–water partition coefficient (Wildman–Crippen LogP) is 4.73. The highest BCUT2D eigenvalue weighted by atomic mass is 35.5. The number of ketones is 1. The molecule has 1 fully saturated rings. The van der Waals surface area contributed by atoms with Gasteiger partial charge >= 0.3 is 0 Å². The molecule has 3 unspecified atom stereocenters. The van der Waals surface area contributed by atoms with Crippen LogP contribution in [-0.4, -0.2) is 27.3 Å². The molecule has 5 heteroatoms. The van der Waals surface area contributed by atoms with Crippen molar-refractivity contribution in [1.29, 1.82) is 0 Å². The molecule has 2 rings (SSSR count). The Hall–Kier alpha value is 0.170. The van der Waals surface area contributed by atoms with Gasteiger partial charge in [-0.3, -0.25) is 4.79 Å². The average molecular weight is 335 g/mol. The molecular formula is C14H16Cl2OS2. The first kappa shape index (κ1) is 15.6. The number of carbonyl (C=O) groups excluding carboxylic acids is 1. The van der Waals surface area contributed by atoms with Gasteiger partial charge in [-0.2, -0.15) is 11.8 Å². The van der Waals surface area contributed by atoms with Crippen molar-refractivity contribution in [2.75, 3.05) is 5.75 Å². The molecule has 0 aliphatic carbocycles. The minimum Gasteiger partial charge on any atom is -0.298 e. The summed E-state index contributed by atoms with van der Waals surface area (Å²) in [5.41, 5.74) is 0.868. The Morgan fingerprint density at radius 1 is 1.32 bits per heavy atom. The van der Waals surface area contributed by atoms with E-state index in [1.54, 1.807) is 23.9 Å². The number of hydrogen-bond donors (Lipinski definition) is 0. The topological polar surface area (TPSA) is 17.1 Å². The van der Waals surface area contributed by atoms with E-state index in [1.807, 2.05) is 17.8 Å². The Morgan fingerprint density at radius 2 is 2.05 bits per heavy atom. The van der Waals surface area contributed by atoms with E-state index >= 15 is 0 Å². The molecule has 19 heavy (non-hydrogen) atoms. The minimum absolute atomic E-state index is 0.0861. The maximum Gasteiger partial charge on any atom is 0.151 e. The molecule has 0 bridgehead atoms. The van der Waals surface area contributed by atoms with Gasteiger partial charge in [0, 0.05) is 32.7 Å². The third-order valence-corrected chi connectivity index (χ3v) is 7.32. The summed E-state index contributed by atoms with van der Waals surface area (Å²) in [5, 5.41) is 2.41. The predicted molar refractivity (Wildman–Crippen MR) is 87.9 cm³/mol. The molecule has 0 spiro atoms. The van der Waals surface area contributed by atoms with Crippen molar-refractivity contribution in [3.8, 4) is 0 Å². The lowest BCUT2D eigenvalue weighted by atomic mass is 10.1. The van der Waals surface area contributed by atoms with Crippen LogP contribution in [0.4, 0.5) is 0 Å². The second-order valence-electron chi connectivity index (χ2n) is 4.75. The summed E-state index contributed by atoms with van der Waals surface area (Å²) >= 11 is 15.7. The van der Waals surface area contributed by atoms with E-state index in [1.165, 1.54) is 0 Å². The van der Waals surface area contributed by atoms with E-state index in [0.29, 0.717) is 27.0 Å². The molecule has 1 heterocycles. The highest BCUT2D eigenvalue weighted by molar-refractivity contribution is 8.08. The maximum absolute atomic E-state index is 12.3. The number of rotatable bonds is 3. The van der Waals surface area contributed by atoms with Crippen LogP contribution in [0.2, 0.25) is 10.0 Å². The van der Waals surface area contributed by atoms with Gasteiger partial charge in [-0.25, -0.2) is 0 Å². The van der Waals surface area contributed by atoms with E-state index in [9.17, 15) is 4.79 Å². The monoisotopic (exact) mass is 334 g/mol. The Kier molecular flexibility index (Phi) is 5.53. The van der Waals surface area contributed by atoms with Gasteiger partial charge in [0.1, 0.15) is 0 Å². The van der Waals surface area contributed by atoms with Crippen molar-refractivity contribution < 1.29 is 4.79 Å². The van der Waals surface area contributed by atoms with Crippen LogP contribution in [-0.2, 0) is 11.2 Å². The molecule has 1 aromatic carbocycles. The van der Waals surface area contributed by atoms with Crippen molar-refractivity contribution >= 4 is 52.5 Å². The number of halogens is 2. The maximum atomic E-state index is 12.3. The van der Waals surface area contributed by atoms with E-state index in [2.05, 4.69) is 13.8 Å². The van der Waals surface area contributed by atoms with Crippen LogP contribution in [0.3, 0.4) is 0 Å². The summed E-state index contributed by atoms with van der Waals surface area (Å²) in [7, 11) is 0. The zero-order valence-corrected chi connectivity index (χ0v) is 14.0. The summed E-state index contributed by atoms with van der Waals surface area (Å²) < 4.78 is 0. The Bertz CT molecular complexity index is 479. The van der Waals surface area contributed by atoms with E-state index in [4.69, 9.17) is 23.2 Å². The first-order valence-electron chi connectivity index (χ1n) is 6.21. The van der Waals surface area contributed by atoms with Crippen LogP contribution >= 0.6 is 46.7 Å². The molecule has 1 aromatic rings. The van der Waals surface area contributed by atoms with Crippen LogP contribution in [0.25, 0.3) is 0 Å². The van der Waals surface area contributed by atoms with Gasteiger partial charge in [-0.05, 0) is 17.7 Å². The smallest absolute Gasteiger partial charge is 0.151 e. The van der Waals surface area contributed by atoms with Crippen LogP contribution in [0.15, 0.2) is 18.2 Å². The molecule has 3 atom stereocenters. The third kappa shape index (κ3) is 4.07. The van der Waals surface area contributed by atoms with Crippen LogP contribution < -0.4 is 0 Å². The van der Waals surface area contributed by atoms with Crippen molar-refractivity contribution in [3.63, 3.8) is 0 Å². The molecule has 0 aromatic heterocycles. The van der Waals surface area contributed by atoms with Crippen LogP contribution in [0.5, 0.6) is 0 Å². The van der Waals surface area contributed by atoms with E-state index < -0.39 is 0 Å². The van der Waals surface area contributed by atoms with Gasteiger partial charge in [-0.15, -0.1) is 11.8 Å². The quantitative estimate of drug-likeness (QED) is 0.795. The average Bonchev–Trinajstić information content (AvgIpc) is 2.36. The fourth-order valence-electron chi connectivity index (χ4n) is 1.92. The van der Waals surface area contributed by atoms with Crippen molar-refractivity contribution in [3.05, 3.63) is 33.8 Å². The number of carbonyl (C=O) groups is 1. The summed E-state index contributed by atoms with van der Waals surface area (Å²) in [5.74, 6) is 1.17. The molecular weight excluding hydrogens is 319 g/mol. The zero-order valence-electron chi connectivity index (χ0n) is 10.9. The fraction of sp³-hybridized carbons (Fsp3) is 0.500. The molecule has 104 valence electrons. The number of hydrogen-bond acceptors (Lipinski definition) is 3. The second kappa shape index (κ2) is 6.75. The highest BCUT2D eigenvalue weighted by Crippen LogP contribution is 2.36. The molecule has 0 N–H and O–H groups in total. The summed E-state index contributed by atoms with van der Waals surface area (Å²) in [6.45, 7) is 4.41. The Balaban J connectivity index is 2.01. The lowest BCUT2D eigenvalue weighted by Crippen LogP contribution is -2.32. The molecule has 0 amide bonds. The zero-order chi connectivity index (χ0) is 14.0. The van der Waals surface area contributed by atoms with E-state index in [-0.39, 0.29) is 11.0 Å². The molecule has 1 saturated heterocycles. The van der Waals surface area contributed by atoms with Crippen LogP contribution in [0, 0.1) is 0 Å². The number of benzene rings is 1. The Morgan fingerprint density at radius 3 is 2.68 bits per heavy atom. The number of Topliss-reactive ketones (excluding diaryl/α,β-unsaturated/α-hetero) is 1. The van der Waals surface area contributed by atoms with Gasteiger partial charge in [0.15, 0.2) is 5.78 Å². The Labute approximate surface area is 132 Å². The third-order valence-electron chi connectivity index (χ3n) is 3.29. The molecule has 1 nitrogen and oxygen atoms in total. The van der Waals surface area contributed by atoms with Gasteiger partial charge in [0.2, 0.25) is 0 Å².